The van der Waals surface area contributed by atoms with Gasteiger partial charge in [-0.05, 0) is 74.5 Å². The lowest BCUT2D eigenvalue weighted by atomic mass is 9.61. The van der Waals surface area contributed by atoms with Crippen LogP contribution in [0.5, 0.6) is 0 Å². The van der Waals surface area contributed by atoms with Crippen molar-refractivity contribution < 1.29 is 14.4 Å². The van der Waals surface area contributed by atoms with Crippen LogP contribution in [0.4, 0.5) is 0 Å². The lowest BCUT2D eigenvalue weighted by Gasteiger charge is -2.44. The predicted octanol–water partition coefficient (Wildman–Crippen LogP) is 3.55. The normalized spacial score (nSPS) is 23.0. The fraction of sp³-hybridized carbons (Fsp3) is 1.00. The molecule has 2 atom stereocenters. The molecule has 1 saturated carbocycles. The maximum Gasteiger partial charge on any atom is 0.272 e. The Hall–Kier alpha value is 0.740. The van der Waals surface area contributed by atoms with Gasteiger partial charge >= 0.3 is 0 Å². The van der Waals surface area contributed by atoms with Gasteiger partial charge in [-0.1, -0.05) is 33.6 Å². The number of hydrogen-bond acceptors (Lipinski definition) is 3. The standard InChI is InChI=1S/C16H33B2IO3/c1-13(2,3)14(4,5)21-17-18-22-15(6,16(7,19)20)12-10-8-9-11-12/h12,17-18,20H,8-11H2,1-7H3/t15?,16-/m1/s1. The molecule has 0 aromatic carbocycles. The molecular weight excluding hydrogens is 389 g/mol. The van der Waals surface area contributed by atoms with Gasteiger partial charge < -0.3 is 14.4 Å². The van der Waals surface area contributed by atoms with E-state index in [1.807, 2.05) is 6.92 Å². The second kappa shape index (κ2) is 7.32. The third-order valence-corrected chi connectivity index (χ3v) is 6.87. The first-order valence-electron chi connectivity index (χ1n) is 8.50. The highest BCUT2D eigenvalue weighted by molar-refractivity contribution is 14.1. The molecule has 0 radical (unpaired) electrons. The molecule has 0 heterocycles. The van der Waals surface area contributed by atoms with Crippen molar-refractivity contribution in [2.24, 2.45) is 11.3 Å². The Labute approximate surface area is 152 Å². The SMILES string of the molecule is CC(C)(C)C(C)(C)OBBOC(C)(C1CCCC1)[C@@](C)(O)I. The van der Waals surface area contributed by atoms with Gasteiger partial charge in [0.1, 0.15) is 3.61 Å². The summed E-state index contributed by atoms with van der Waals surface area (Å²) >= 11 is 2.12. The van der Waals surface area contributed by atoms with E-state index >= 15 is 0 Å². The molecule has 0 aromatic heterocycles. The molecule has 0 bridgehead atoms. The molecule has 1 N–H and O–H groups in total. The van der Waals surface area contributed by atoms with Crippen LogP contribution in [0.2, 0.25) is 0 Å². The van der Waals surface area contributed by atoms with Gasteiger partial charge in [-0.15, -0.1) is 0 Å². The quantitative estimate of drug-likeness (QED) is 0.295. The molecule has 1 aliphatic carbocycles. The molecule has 0 aromatic rings. The molecule has 0 spiro atoms. The lowest BCUT2D eigenvalue weighted by Crippen LogP contribution is -2.54. The summed E-state index contributed by atoms with van der Waals surface area (Å²) in [4.78, 5) is 0. The van der Waals surface area contributed by atoms with Gasteiger partial charge in [-0.3, -0.25) is 0 Å². The summed E-state index contributed by atoms with van der Waals surface area (Å²) in [7, 11) is 1.07. The van der Waals surface area contributed by atoms with Crippen LogP contribution in [0, 0.1) is 11.3 Å². The molecule has 1 fully saturated rings. The number of alkyl halides is 1. The predicted molar refractivity (Wildman–Crippen MR) is 105 cm³/mol. The summed E-state index contributed by atoms with van der Waals surface area (Å²) in [6.45, 7) is 14.7. The number of halogens is 1. The molecule has 128 valence electrons. The van der Waals surface area contributed by atoms with Crippen molar-refractivity contribution in [3.63, 3.8) is 0 Å². The van der Waals surface area contributed by atoms with E-state index in [0.29, 0.717) is 20.7 Å². The Morgan fingerprint density at radius 3 is 1.77 bits per heavy atom. The van der Waals surface area contributed by atoms with Gasteiger partial charge in [0, 0.05) is 5.60 Å². The van der Waals surface area contributed by atoms with Crippen LogP contribution in [0.15, 0.2) is 0 Å². The van der Waals surface area contributed by atoms with Crippen LogP contribution in [0.1, 0.15) is 74.1 Å². The maximum atomic E-state index is 10.6. The first-order chi connectivity index (χ1) is 9.81. The van der Waals surface area contributed by atoms with Crippen LogP contribution in [0.25, 0.3) is 0 Å². The monoisotopic (exact) mass is 422 g/mol. The van der Waals surface area contributed by atoms with E-state index in [2.05, 4.69) is 64.1 Å². The molecule has 6 heteroatoms. The average molecular weight is 422 g/mol. The van der Waals surface area contributed by atoms with Crippen LogP contribution in [-0.4, -0.2) is 34.7 Å². The lowest BCUT2D eigenvalue weighted by molar-refractivity contribution is -0.0795. The third-order valence-electron chi connectivity index (χ3n) is 5.79. The summed E-state index contributed by atoms with van der Waals surface area (Å²) in [5, 5.41) is 10.6. The smallest absolute Gasteiger partial charge is 0.272 e. The van der Waals surface area contributed by atoms with E-state index in [9.17, 15) is 5.11 Å². The van der Waals surface area contributed by atoms with Crippen molar-refractivity contribution in [2.45, 2.75) is 89.0 Å². The molecule has 1 aliphatic rings. The minimum atomic E-state index is -0.876. The number of aliphatic hydroxyl groups is 1. The topological polar surface area (TPSA) is 38.7 Å². The van der Waals surface area contributed by atoms with Crippen molar-refractivity contribution in [3.8, 4) is 0 Å². The first-order valence-corrected chi connectivity index (χ1v) is 9.58. The molecule has 1 rings (SSSR count). The van der Waals surface area contributed by atoms with Crippen LogP contribution >= 0.6 is 22.6 Å². The Morgan fingerprint density at radius 1 is 0.909 bits per heavy atom. The fourth-order valence-corrected chi connectivity index (χ4v) is 3.46. The third kappa shape index (κ3) is 4.87. The zero-order chi connectivity index (χ0) is 17.2. The van der Waals surface area contributed by atoms with E-state index in [0.717, 1.165) is 12.8 Å². The number of hydrogen-bond donors (Lipinski definition) is 1. The van der Waals surface area contributed by atoms with Crippen molar-refractivity contribution in [1.82, 2.24) is 0 Å². The molecule has 0 amide bonds. The van der Waals surface area contributed by atoms with Crippen LogP contribution in [0.3, 0.4) is 0 Å². The Morgan fingerprint density at radius 2 is 1.36 bits per heavy atom. The van der Waals surface area contributed by atoms with Crippen LogP contribution < -0.4 is 0 Å². The number of rotatable bonds is 7. The first kappa shape index (κ1) is 20.8. The molecule has 3 nitrogen and oxygen atoms in total. The summed E-state index contributed by atoms with van der Waals surface area (Å²) in [5.41, 5.74) is -0.636. The summed E-state index contributed by atoms with van der Waals surface area (Å²) < 4.78 is 11.4. The zero-order valence-electron chi connectivity index (χ0n) is 15.5. The highest BCUT2D eigenvalue weighted by Crippen LogP contribution is 2.45. The average Bonchev–Trinajstić information content (AvgIpc) is 2.85. The van der Waals surface area contributed by atoms with Gasteiger partial charge in [0.2, 0.25) is 0 Å². The molecule has 0 saturated heterocycles. The van der Waals surface area contributed by atoms with Crippen molar-refractivity contribution in [3.05, 3.63) is 0 Å². The zero-order valence-corrected chi connectivity index (χ0v) is 17.6. The van der Waals surface area contributed by atoms with Crippen LogP contribution in [-0.2, 0) is 9.31 Å². The fourth-order valence-electron chi connectivity index (χ4n) is 2.87. The highest BCUT2D eigenvalue weighted by Gasteiger charge is 2.48. The van der Waals surface area contributed by atoms with Gasteiger partial charge in [-0.2, -0.15) is 0 Å². The second-order valence-electron chi connectivity index (χ2n) is 8.50. The van der Waals surface area contributed by atoms with Gasteiger partial charge in [0.25, 0.3) is 14.7 Å². The van der Waals surface area contributed by atoms with E-state index in [1.54, 1.807) is 0 Å². The maximum absolute atomic E-state index is 10.6. The van der Waals surface area contributed by atoms with Crippen molar-refractivity contribution >= 4 is 37.3 Å². The highest BCUT2D eigenvalue weighted by atomic mass is 127. The van der Waals surface area contributed by atoms with Gasteiger partial charge in [0.15, 0.2) is 0 Å². The van der Waals surface area contributed by atoms with E-state index < -0.39 is 9.21 Å². The summed E-state index contributed by atoms with van der Waals surface area (Å²) in [6, 6.07) is 0. The molecule has 22 heavy (non-hydrogen) atoms. The summed E-state index contributed by atoms with van der Waals surface area (Å²) in [5.74, 6) is 0.426. The molecule has 1 unspecified atom stereocenters. The minimum absolute atomic E-state index is 0.0799. The van der Waals surface area contributed by atoms with E-state index in [1.165, 1.54) is 12.8 Å². The Kier molecular flexibility index (Phi) is 6.92. The molecular formula is C16H33B2IO3. The van der Waals surface area contributed by atoms with E-state index in [4.69, 9.17) is 9.31 Å². The van der Waals surface area contributed by atoms with Gasteiger partial charge in [-0.25, -0.2) is 0 Å². The Balaban J connectivity index is 2.59. The minimum Gasteiger partial charge on any atom is -0.440 e. The van der Waals surface area contributed by atoms with Crippen molar-refractivity contribution in [2.75, 3.05) is 0 Å². The van der Waals surface area contributed by atoms with Crippen molar-refractivity contribution in [1.29, 1.82) is 0 Å². The van der Waals surface area contributed by atoms with E-state index in [-0.39, 0.29) is 11.0 Å². The Bertz CT molecular complexity index is 357. The molecule has 0 aliphatic heterocycles. The summed E-state index contributed by atoms with van der Waals surface area (Å²) in [6.07, 6.45) is 4.77. The second-order valence-corrected chi connectivity index (χ2v) is 10.6. The van der Waals surface area contributed by atoms with Gasteiger partial charge in [0.05, 0.1) is 5.60 Å². The largest absolute Gasteiger partial charge is 0.440 e.